The third-order valence-electron chi connectivity index (χ3n) is 5.79. The Morgan fingerprint density at radius 3 is 2.36 bits per heavy atom. The van der Waals surface area contributed by atoms with E-state index in [4.69, 9.17) is 5.11 Å². The van der Waals surface area contributed by atoms with Crippen molar-refractivity contribution in [2.75, 3.05) is 5.32 Å². The monoisotopic (exact) mass is 455 g/mol. The van der Waals surface area contributed by atoms with E-state index in [1.807, 2.05) is 6.07 Å². The lowest BCUT2D eigenvalue weighted by Gasteiger charge is -2.32. The number of halogens is 3. The lowest BCUT2D eigenvalue weighted by atomic mass is 9.69. The Morgan fingerprint density at radius 2 is 1.79 bits per heavy atom. The molecule has 0 bridgehead atoms. The molecule has 0 fully saturated rings. The van der Waals surface area contributed by atoms with Crippen molar-refractivity contribution in [2.24, 2.45) is 5.41 Å². The maximum absolute atomic E-state index is 12.9. The van der Waals surface area contributed by atoms with Gasteiger partial charge in [-0.3, -0.25) is 14.6 Å². The van der Waals surface area contributed by atoms with E-state index in [2.05, 4.69) is 15.3 Å². The van der Waals surface area contributed by atoms with E-state index < -0.39 is 23.3 Å². The summed E-state index contributed by atoms with van der Waals surface area (Å²) >= 11 is 0. The lowest BCUT2D eigenvalue weighted by molar-refractivity contribution is -0.141. The molecule has 1 unspecified atom stereocenters. The summed E-state index contributed by atoms with van der Waals surface area (Å²) in [5, 5.41) is 12.1. The minimum absolute atomic E-state index is 0.157. The number of nitrogens with zero attached hydrogens (tertiary/aromatic N) is 2. The van der Waals surface area contributed by atoms with E-state index in [-0.39, 0.29) is 12.2 Å². The molecule has 9 heteroatoms. The summed E-state index contributed by atoms with van der Waals surface area (Å²) in [6.45, 7) is 1.69. The quantitative estimate of drug-likeness (QED) is 0.527. The summed E-state index contributed by atoms with van der Waals surface area (Å²) in [6.07, 6.45) is -0.963. The molecule has 2 aromatic heterocycles. The number of carbonyl (C=O) groups excluding carboxylic acids is 1. The number of carboxylic acids is 1. The second kappa shape index (κ2) is 8.31. The van der Waals surface area contributed by atoms with Crippen LogP contribution in [0.3, 0.4) is 0 Å². The van der Waals surface area contributed by atoms with Crippen LogP contribution in [-0.2, 0) is 17.4 Å². The first-order valence-corrected chi connectivity index (χ1v) is 10.2. The van der Waals surface area contributed by atoms with Crippen LogP contribution < -0.4 is 5.32 Å². The summed E-state index contributed by atoms with van der Waals surface area (Å²) in [4.78, 5) is 31.8. The number of aromatic nitrogens is 2. The summed E-state index contributed by atoms with van der Waals surface area (Å²) in [5.74, 6) is -1.15. The highest BCUT2D eigenvalue weighted by atomic mass is 19.4. The molecule has 0 amide bonds. The van der Waals surface area contributed by atoms with E-state index in [1.54, 1.807) is 37.4 Å². The number of carboxylic acid groups (broad SMARTS) is 1. The van der Waals surface area contributed by atoms with Crippen molar-refractivity contribution in [1.82, 2.24) is 9.97 Å². The maximum atomic E-state index is 12.9. The van der Waals surface area contributed by atoms with Gasteiger partial charge in [0.1, 0.15) is 5.69 Å². The van der Waals surface area contributed by atoms with Crippen LogP contribution in [-0.4, -0.2) is 26.8 Å². The Balaban J connectivity index is 1.50. The average molecular weight is 455 g/mol. The lowest BCUT2D eigenvalue weighted by Crippen LogP contribution is -2.35. The van der Waals surface area contributed by atoms with Crippen molar-refractivity contribution in [3.8, 4) is 11.3 Å². The Labute approximate surface area is 187 Å². The highest BCUT2D eigenvalue weighted by Gasteiger charge is 2.40. The minimum atomic E-state index is -4.49. The number of Topliss-reactive ketones (excluding diaryl/α,β-unsaturated/α-hetero) is 1. The van der Waals surface area contributed by atoms with Gasteiger partial charge in [0, 0.05) is 16.5 Å². The number of ketones is 1. The van der Waals surface area contributed by atoms with Gasteiger partial charge in [-0.1, -0.05) is 19.1 Å². The zero-order valence-corrected chi connectivity index (χ0v) is 17.6. The van der Waals surface area contributed by atoms with Gasteiger partial charge in [0.25, 0.3) is 0 Å². The Morgan fingerprint density at radius 1 is 1.09 bits per heavy atom. The zero-order valence-electron chi connectivity index (χ0n) is 17.6. The van der Waals surface area contributed by atoms with E-state index >= 15 is 0 Å². The first-order valence-electron chi connectivity index (χ1n) is 10.2. The molecule has 1 atom stereocenters. The summed E-state index contributed by atoms with van der Waals surface area (Å²) in [7, 11) is 0. The standard InChI is InChI=1S/C24H20F3N3O3/c1-23(11-21(31)32)9-8-14-10-15(2-5-18(14)22(23)33)19-6-3-16(12-28-19)30-17-4-7-20(29-13-17)24(25,26)27/h2-7,10,12-13,30H,8-9,11H2,1H3,(H,31,32). The van der Waals surface area contributed by atoms with Crippen LogP contribution in [0.5, 0.6) is 0 Å². The number of pyridine rings is 2. The molecule has 170 valence electrons. The molecule has 6 nitrogen and oxygen atoms in total. The molecule has 0 saturated carbocycles. The molecule has 2 N–H and O–H groups in total. The highest BCUT2D eigenvalue weighted by molar-refractivity contribution is 6.04. The van der Waals surface area contributed by atoms with Crippen molar-refractivity contribution in [2.45, 2.75) is 32.4 Å². The van der Waals surface area contributed by atoms with Crippen LogP contribution in [0.25, 0.3) is 11.3 Å². The fourth-order valence-corrected chi connectivity index (χ4v) is 3.97. The van der Waals surface area contributed by atoms with Crippen molar-refractivity contribution in [3.63, 3.8) is 0 Å². The van der Waals surface area contributed by atoms with Gasteiger partial charge < -0.3 is 10.4 Å². The highest BCUT2D eigenvalue weighted by Crippen LogP contribution is 2.39. The minimum Gasteiger partial charge on any atom is -0.481 e. The zero-order chi connectivity index (χ0) is 23.8. The maximum Gasteiger partial charge on any atom is 0.433 e. The predicted octanol–water partition coefficient (Wildman–Crippen LogP) is 5.52. The number of hydrogen-bond donors (Lipinski definition) is 2. The molecular weight excluding hydrogens is 435 g/mol. The Hall–Kier alpha value is -3.75. The van der Waals surface area contributed by atoms with Crippen molar-refractivity contribution in [1.29, 1.82) is 0 Å². The summed E-state index contributed by atoms with van der Waals surface area (Å²) in [5.41, 5.74) is 2.00. The number of hydrogen-bond acceptors (Lipinski definition) is 5. The van der Waals surface area contributed by atoms with E-state index in [0.29, 0.717) is 35.5 Å². The van der Waals surface area contributed by atoms with Crippen LogP contribution in [0, 0.1) is 5.41 Å². The average Bonchev–Trinajstić information content (AvgIpc) is 2.76. The molecule has 0 spiro atoms. The Bertz CT molecular complexity index is 1210. The van der Waals surface area contributed by atoms with Gasteiger partial charge in [0.05, 0.1) is 35.9 Å². The topological polar surface area (TPSA) is 92.2 Å². The van der Waals surface area contributed by atoms with Crippen molar-refractivity contribution in [3.05, 3.63) is 71.7 Å². The molecule has 4 rings (SSSR count). The molecule has 1 aromatic carbocycles. The van der Waals surface area contributed by atoms with Gasteiger partial charge in [-0.2, -0.15) is 13.2 Å². The van der Waals surface area contributed by atoms with Crippen LogP contribution in [0.2, 0.25) is 0 Å². The van der Waals surface area contributed by atoms with Crippen molar-refractivity contribution >= 4 is 23.1 Å². The van der Waals surface area contributed by atoms with Crippen LogP contribution in [0.4, 0.5) is 24.5 Å². The van der Waals surface area contributed by atoms with Crippen LogP contribution >= 0.6 is 0 Å². The van der Waals surface area contributed by atoms with Crippen LogP contribution in [0.15, 0.2) is 54.9 Å². The number of aliphatic carboxylic acids is 1. The summed E-state index contributed by atoms with van der Waals surface area (Å²) in [6, 6.07) is 11.1. The van der Waals surface area contributed by atoms with E-state index in [0.717, 1.165) is 23.4 Å². The van der Waals surface area contributed by atoms with Crippen LogP contribution in [0.1, 0.15) is 41.4 Å². The molecule has 2 heterocycles. The number of anilines is 2. The number of carbonyl (C=O) groups is 2. The normalized spacial score (nSPS) is 18.0. The molecule has 0 saturated heterocycles. The van der Waals surface area contributed by atoms with Gasteiger partial charge >= 0.3 is 12.1 Å². The molecule has 0 radical (unpaired) electrons. The van der Waals surface area contributed by atoms with Crippen molar-refractivity contribution < 1.29 is 27.9 Å². The van der Waals surface area contributed by atoms with Gasteiger partial charge in [-0.05, 0) is 48.7 Å². The molecule has 1 aliphatic rings. The van der Waals surface area contributed by atoms with Gasteiger partial charge in [-0.25, -0.2) is 4.98 Å². The largest absolute Gasteiger partial charge is 0.481 e. The van der Waals surface area contributed by atoms with Gasteiger partial charge in [0.15, 0.2) is 5.78 Å². The summed E-state index contributed by atoms with van der Waals surface area (Å²) < 4.78 is 37.9. The molecule has 0 aliphatic heterocycles. The second-order valence-corrected chi connectivity index (χ2v) is 8.32. The molecule has 33 heavy (non-hydrogen) atoms. The fraction of sp³-hybridized carbons (Fsp3) is 0.250. The van der Waals surface area contributed by atoms with Gasteiger partial charge in [-0.15, -0.1) is 0 Å². The number of nitrogens with one attached hydrogen (secondary N) is 1. The second-order valence-electron chi connectivity index (χ2n) is 8.32. The number of rotatable bonds is 5. The number of alkyl halides is 3. The SMILES string of the molecule is CC1(CC(=O)O)CCc2cc(-c3ccc(Nc4ccc(C(F)(F)F)nc4)cn3)ccc2C1=O. The third kappa shape index (κ3) is 4.72. The smallest absolute Gasteiger partial charge is 0.433 e. The molecular formula is C24H20F3N3O3. The number of benzene rings is 1. The number of fused-ring (bicyclic) bond motifs is 1. The molecule has 3 aromatic rings. The number of aryl methyl sites for hydroxylation is 1. The van der Waals surface area contributed by atoms with E-state index in [1.165, 1.54) is 6.07 Å². The predicted molar refractivity (Wildman–Crippen MR) is 115 cm³/mol. The first-order chi connectivity index (χ1) is 15.5. The first kappa shape index (κ1) is 22.4. The van der Waals surface area contributed by atoms with Gasteiger partial charge in [0.2, 0.25) is 0 Å². The Kier molecular flexibility index (Phi) is 5.65. The fourth-order valence-electron chi connectivity index (χ4n) is 3.97. The molecule has 1 aliphatic carbocycles. The van der Waals surface area contributed by atoms with E-state index in [9.17, 15) is 22.8 Å². The third-order valence-corrected chi connectivity index (χ3v) is 5.79.